The number of nitrogens with two attached hydrogens (primary N) is 1. The van der Waals surface area contributed by atoms with Gasteiger partial charge in [0.1, 0.15) is 22.8 Å². The van der Waals surface area contributed by atoms with Crippen molar-refractivity contribution in [2.24, 2.45) is 17.6 Å². The van der Waals surface area contributed by atoms with E-state index in [0.29, 0.717) is 22.0 Å². The molecule has 3 aromatic rings. The van der Waals surface area contributed by atoms with E-state index in [-0.39, 0.29) is 35.4 Å². The molecule has 0 saturated heterocycles. The molecular formula is C30H27N5O9S. The van der Waals surface area contributed by atoms with E-state index in [1.165, 1.54) is 42.5 Å². The number of aromatic nitrogens is 1. The SMILES string of the molecule is CN(C)[C@H]1C(=O)C(C(N)=O)=C(O)[C@@]2(O)C(=O)C3=C(O)c4c(ccc(Nc5nc(-c6cccc([N+](=O)[O-])c6)cs5)c4O)C[C@@H]3C[C@H]12. The van der Waals surface area contributed by atoms with Crippen molar-refractivity contribution in [2.45, 2.75) is 24.5 Å². The van der Waals surface area contributed by atoms with Crippen LogP contribution in [0, 0.1) is 22.0 Å². The second-order valence-corrected chi connectivity index (χ2v) is 12.3. The average molecular weight is 634 g/mol. The highest BCUT2D eigenvalue weighted by Gasteiger charge is 2.64. The molecule has 4 atom stereocenters. The first-order valence-corrected chi connectivity index (χ1v) is 14.6. The van der Waals surface area contributed by atoms with Crippen LogP contribution in [0.15, 0.2) is 58.7 Å². The summed E-state index contributed by atoms with van der Waals surface area (Å²) in [6.07, 6.45) is 0.155. The van der Waals surface area contributed by atoms with Gasteiger partial charge in [0, 0.05) is 34.6 Å². The molecule has 1 aromatic heterocycles. The second-order valence-electron chi connectivity index (χ2n) is 11.4. The molecule has 1 saturated carbocycles. The zero-order valence-electron chi connectivity index (χ0n) is 23.8. The van der Waals surface area contributed by atoms with Gasteiger partial charge in [0.25, 0.3) is 11.6 Å². The zero-order chi connectivity index (χ0) is 32.5. The summed E-state index contributed by atoms with van der Waals surface area (Å²) >= 11 is 1.17. The number of aliphatic hydroxyl groups excluding tert-OH is 2. The van der Waals surface area contributed by atoms with Crippen LogP contribution in [0.2, 0.25) is 0 Å². The van der Waals surface area contributed by atoms with Crippen LogP contribution in [0.5, 0.6) is 5.75 Å². The lowest BCUT2D eigenvalue weighted by atomic mass is 9.57. The summed E-state index contributed by atoms with van der Waals surface area (Å²) in [7, 11) is 3.07. The summed E-state index contributed by atoms with van der Waals surface area (Å²) < 4.78 is 0. The molecule has 1 amide bonds. The number of nitro groups is 1. The molecule has 2 aromatic carbocycles. The van der Waals surface area contributed by atoms with E-state index in [2.05, 4.69) is 10.3 Å². The van der Waals surface area contributed by atoms with Crippen molar-refractivity contribution in [1.82, 2.24) is 9.88 Å². The van der Waals surface area contributed by atoms with Crippen LogP contribution in [-0.2, 0) is 20.8 Å². The van der Waals surface area contributed by atoms with Crippen molar-refractivity contribution in [3.63, 3.8) is 0 Å². The average Bonchev–Trinajstić information content (AvgIpc) is 3.45. The van der Waals surface area contributed by atoms with Gasteiger partial charge in [-0.15, -0.1) is 11.3 Å². The Bertz CT molecular complexity index is 1900. The Morgan fingerprint density at radius 1 is 1.20 bits per heavy atom. The molecule has 1 heterocycles. The Morgan fingerprint density at radius 2 is 1.93 bits per heavy atom. The number of Topliss-reactive ketones (excluding diaryl/α,β-unsaturated/α-hetero) is 2. The summed E-state index contributed by atoms with van der Waals surface area (Å²) in [4.78, 5) is 55.9. The van der Waals surface area contributed by atoms with E-state index in [1.807, 2.05) is 0 Å². The number of aromatic hydroxyl groups is 1. The van der Waals surface area contributed by atoms with E-state index in [0.717, 1.165) is 0 Å². The number of fused-ring (bicyclic) bond motifs is 3. The fraction of sp³-hybridized carbons (Fsp3) is 0.267. The Hall–Kier alpha value is -5.12. The zero-order valence-corrected chi connectivity index (χ0v) is 24.7. The van der Waals surface area contributed by atoms with Crippen LogP contribution in [0.1, 0.15) is 17.5 Å². The summed E-state index contributed by atoms with van der Waals surface area (Å²) in [6, 6.07) is 8.03. The number of hydrogen-bond acceptors (Lipinski definition) is 13. The van der Waals surface area contributed by atoms with Gasteiger partial charge in [-0.1, -0.05) is 18.2 Å². The predicted octanol–water partition coefficient (Wildman–Crippen LogP) is 2.74. The number of primary amides is 1. The number of nitrogens with one attached hydrogen (secondary N) is 1. The Kier molecular flexibility index (Phi) is 6.99. The third kappa shape index (κ3) is 4.46. The molecule has 6 rings (SSSR count). The van der Waals surface area contributed by atoms with Crippen LogP contribution < -0.4 is 11.1 Å². The maximum absolute atomic E-state index is 14.0. The quantitative estimate of drug-likeness (QED) is 0.0996. The molecule has 0 radical (unpaired) electrons. The summed E-state index contributed by atoms with van der Waals surface area (Å²) in [5.74, 6) is -7.22. The Balaban J connectivity index is 1.38. The van der Waals surface area contributed by atoms with Crippen molar-refractivity contribution < 1.29 is 39.7 Å². The molecule has 0 bridgehead atoms. The number of likely N-dealkylation sites (N-methyl/N-ethyl adjacent to an activating group) is 1. The molecule has 0 unspecified atom stereocenters. The first-order chi connectivity index (χ1) is 21.2. The van der Waals surface area contributed by atoms with Crippen molar-refractivity contribution in [3.05, 3.63) is 79.9 Å². The molecule has 15 heteroatoms. The van der Waals surface area contributed by atoms with Crippen LogP contribution >= 0.6 is 11.3 Å². The number of non-ortho nitro benzene ring substituents is 1. The molecular weight excluding hydrogens is 606 g/mol. The number of amides is 1. The van der Waals surface area contributed by atoms with Gasteiger partial charge in [-0.3, -0.25) is 29.4 Å². The fourth-order valence-corrected chi connectivity index (χ4v) is 7.41. The number of anilines is 2. The third-order valence-corrected chi connectivity index (χ3v) is 9.45. The van der Waals surface area contributed by atoms with Crippen LogP contribution in [-0.4, -0.2) is 78.4 Å². The number of nitro benzene ring substituents is 1. The number of ketones is 2. The minimum atomic E-state index is -2.72. The highest BCUT2D eigenvalue weighted by Crippen LogP contribution is 2.53. The first kappa shape index (κ1) is 29.9. The largest absolute Gasteiger partial charge is 0.508 e. The molecule has 0 aliphatic heterocycles. The number of phenols is 1. The molecule has 3 aliphatic carbocycles. The number of aliphatic hydroxyl groups is 3. The molecule has 14 nitrogen and oxygen atoms in total. The maximum Gasteiger partial charge on any atom is 0.270 e. The monoisotopic (exact) mass is 633 g/mol. The smallest absolute Gasteiger partial charge is 0.270 e. The minimum Gasteiger partial charge on any atom is -0.508 e. The number of rotatable bonds is 6. The topological polar surface area (TPSA) is 229 Å². The van der Waals surface area contributed by atoms with Crippen LogP contribution in [0.3, 0.4) is 0 Å². The molecule has 45 heavy (non-hydrogen) atoms. The Labute approximate surface area is 258 Å². The number of benzene rings is 2. The Morgan fingerprint density at radius 3 is 2.60 bits per heavy atom. The normalized spacial score (nSPS) is 24.3. The molecule has 1 fully saturated rings. The molecule has 232 valence electrons. The minimum absolute atomic E-state index is 0.00787. The number of thiazole rings is 1. The van der Waals surface area contributed by atoms with Gasteiger partial charge >= 0.3 is 0 Å². The molecule has 7 N–H and O–H groups in total. The lowest BCUT2D eigenvalue weighted by Gasteiger charge is -2.50. The highest BCUT2D eigenvalue weighted by molar-refractivity contribution is 7.14. The lowest BCUT2D eigenvalue weighted by molar-refractivity contribution is -0.384. The maximum atomic E-state index is 14.0. The van der Waals surface area contributed by atoms with Crippen LogP contribution in [0.25, 0.3) is 17.0 Å². The van der Waals surface area contributed by atoms with E-state index in [9.17, 15) is 44.9 Å². The first-order valence-electron chi connectivity index (χ1n) is 13.7. The predicted molar refractivity (Wildman–Crippen MR) is 162 cm³/mol. The second kappa shape index (κ2) is 10.5. The number of carbonyl (C=O) groups excluding carboxylic acids is 3. The van der Waals surface area contributed by atoms with E-state index < -0.39 is 68.7 Å². The van der Waals surface area contributed by atoms with Gasteiger partial charge in [0.15, 0.2) is 16.5 Å². The molecule has 0 spiro atoms. The van der Waals surface area contributed by atoms with Gasteiger partial charge in [-0.05, 0) is 44.5 Å². The summed E-state index contributed by atoms with van der Waals surface area (Å²) in [5, 5.41) is 61.6. The summed E-state index contributed by atoms with van der Waals surface area (Å²) in [5.41, 5.74) is 2.96. The number of nitrogens with zero attached hydrogens (tertiary/aromatic N) is 3. The third-order valence-electron chi connectivity index (χ3n) is 8.69. The lowest BCUT2D eigenvalue weighted by Crippen LogP contribution is -2.65. The molecule has 3 aliphatic rings. The highest BCUT2D eigenvalue weighted by atomic mass is 32.1. The van der Waals surface area contributed by atoms with Crippen molar-refractivity contribution in [2.75, 3.05) is 19.4 Å². The van der Waals surface area contributed by atoms with Crippen molar-refractivity contribution >= 4 is 51.1 Å². The van der Waals surface area contributed by atoms with Gasteiger partial charge < -0.3 is 31.5 Å². The standard InChI is InChI=1S/C30H27N5O9S/c1-34(2)22-16-10-14-8-13-6-7-17(32-29-33-18(11-45-29)12-4-3-5-15(9-12)35(43)44)23(36)19(13)24(37)20(14)26(39)30(16,42)27(40)21(25(22)38)28(31)41/h3-7,9,11,14,16,22,36-37,40,42H,8,10H2,1-2H3,(H2,31,41)(H,32,33)/t14-,16-,22-,30+/m1/s1. The van der Waals surface area contributed by atoms with Crippen molar-refractivity contribution in [3.8, 4) is 17.0 Å². The van der Waals surface area contributed by atoms with E-state index in [4.69, 9.17) is 5.73 Å². The van der Waals surface area contributed by atoms with Gasteiger partial charge in [-0.2, -0.15) is 0 Å². The number of carbonyl (C=O) groups is 3. The fourth-order valence-electron chi connectivity index (χ4n) is 6.68. The van der Waals surface area contributed by atoms with E-state index >= 15 is 0 Å². The van der Waals surface area contributed by atoms with Gasteiger partial charge in [-0.25, -0.2) is 4.98 Å². The van der Waals surface area contributed by atoms with Crippen molar-refractivity contribution in [1.29, 1.82) is 0 Å². The van der Waals surface area contributed by atoms with Gasteiger partial charge in [0.2, 0.25) is 5.78 Å². The summed E-state index contributed by atoms with van der Waals surface area (Å²) in [6.45, 7) is 0. The van der Waals surface area contributed by atoms with E-state index in [1.54, 1.807) is 29.6 Å². The van der Waals surface area contributed by atoms with Gasteiger partial charge in [0.05, 0.1) is 27.9 Å². The number of hydrogen-bond donors (Lipinski definition) is 6. The number of phenolic OH excluding ortho intramolecular Hbond substituents is 1. The van der Waals surface area contributed by atoms with Crippen LogP contribution in [0.4, 0.5) is 16.5 Å².